The quantitative estimate of drug-likeness (QED) is 0.639. The van der Waals surface area contributed by atoms with E-state index < -0.39 is 5.60 Å². The van der Waals surface area contributed by atoms with Crippen LogP contribution in [0.5, 0.6) is 0 Å². The van der Waals surface area contributed by atoms with Crippen LogP contribution in [0.1, 0.15) is 26.2 Å². The molecule has 1 unspecified atom stereocenters. The molecule has 0 amide bonds. The van der Waals surface area contributed by atoms with Crippen molar-refractivity contribution < 1.29 is 5.11 Å². The predicted octanol–water partition coefficient (Wildman–Crippen LogP) is 1.70. The van der Waals surface area contributed by atoms with E-state index in [2.05, 4.69) is 31.7 Å². The smallest absolute Gasteiger partial charge is 0.0664 e. The van der Waals surface area contributed by atoms with Gasteiger partial charge in [0.2, 0.25) is 0 Å². The molecule has 5 N–H and O–H groups in total. The van der Waals surface area contributed by atoms with Crippen molar-refractivity contribution in [2.75, 3.05) is 7.05 Å². The van der Waals surface area contributed by atoms with Gasteiger partial charge >= 0.3 is 0 Å². The molecule has 1 atom stereocenters. The maximum Gasteiger partial charge on any atom is 0.0664 e. The highest BCUT2D eigenvalue weighted by molar-refractivity contribution is 5.39. The highest BCUT2D eigenvalue weighted by atomic mass is 16.3. The first-order chi connectivity index (χ1) is 7.96. The summed E-state index contributed by atoms with van der Waals surface area (Å²) in [6.07, 6.45) is 12.0. The maximum absolute atomic E-state index is 9.84. The van der Waals surface area contributed by atoms with Crippen LogP contribution in [-0.2, 0) is 0 Å². The lowest BCUT2D eigenvalue weighted by atomic mass is 9.81. The van der Waals surface area contributed by atoms with Crippen molar-refractivity contribution in [2.45, 2.75) is 31.8 Å². The Morgan fingerprint density at radius 1 is 1.47 bits per heavy atom. The average Bonchev–Trinajstić information content (AvgIpc) is 2.33. The van der Waals surface area contributed by atoms with Crippen LogP contribution in [0.25, 0.3) is 0 Å². The molecule has 1 rings (SSSR count). The first-order valence-corrected chi connectivity index (χ1v) is 5.39. The minimum atomic E-state index is -0.635. The molecule has 0 heterocycles. The van der Waals surface area contributed by atoms with E-state index in [0.717, 1.165) is 24.0 Å². The van der Waals surface area contributed by atoms with Crippen molar-refractivity contribution in [1.82, 2.24) is 0 Å². The Bertz CT molecular complexity index is 311. The lowest BCUT2D eigenvalue weighted by Gasteiger charge is -2.31. The molecule has 0 aliphatic heterocycles. The highest BCUT2D eigenvalue weighted by Gasteiger charge is 2.28. The molecule has 0 aromatic rings. The van der Waals surface area contributed by atoms with E-state index in [1.807, 2.05) is 13.0 Å². The van der Waals surface area contributed by atoms with Crippen LogP contribution in [0.2, 0.25) is 0 Å². The minimum absolute atomic E-state index is 0.551. The van der Waals surface area contributed by atoms with Crippen LogP contribution in [0.15, 0.2) is 36.1 Å². The molecule has 0 radical (unpaired) electrons. The number of aliphatic hydroxyl groups is 1. The fourth-order valence-electron chi connectivity index (χ4n) is 1.68. The lowest BCUT2D eigenvalue weighted by molar-refractivity contribution is 0.0470. The van der Waals surface area contributed by atoms with E-state index in [1.54, 1.807) is 0 Å². The normalized spacial score (nSPS) is 22.5. The van der Waals surface area contributed by atoms with E-state index in [9.17, 15) is 5.11 Å². The van der Waals surface area contributed by atoms with Crippen LogP contribution in [0, 0.1) is 12.8 Å². The van der Waals surface area contributed by atoms with Crippen molar-refractivity contribution in [3.05, 3.63) is 36.1 Å². The summed E-state index contributed by atoms with van der Waals surface area (Å²) in [5.41, 5.74) is 12.1. The van der Waals surface area contributed by atoms with E-state index in [4.69, 9.17) is 5.73 Å². The van der Waals surface area contributed by atoms with Crippen LogP contribution < -0.4 is 11.5 Å². The third kappa shape index (κ3) is 5.96. The summed E-state index contributed by atoms with van der Waals surface area (Å²) >= 11 is 0. The Morgan fingerprint density at radius 2 is 1.94 bits per heavy atom. The topological polar surface area (TPSA) is 72.3 Å². The van der Waals surface area contributed by atoms with Crippen LogP contribution in [0.3, 0.4) is 0 Å². The first kappa shape index (κ1) is 17.9. The molecule has 1 aliphatic rings. The zero-order valence-electron chi connectivity index (χ0n) is 10.9. The summed E-state index contributed by atoms with van der Waals surface area (Å²) in [7, 11) is 1.50. The Morgan fingerprint density at radius 3 is 2.29 bits per heavy atom. The molecular weight excluding hydrogens is 212 g/mol. The summed E-state index contributed by atoms with van der Waals surface area (Å²) in [5, 5.41) is 9.84. The number of rotatable bonds is 2. The molecule has 1 aliphatic carbocycles. The van der Waals surface area contributed by atoms with Crippen molar-refractivity contribution in [2.24, 2.45) is 11.5 Å². The zero-order chi connectivity index (χ0) is 14.1. The molecule has 0 bridgehead atoms. The summed E-state index contributed by atoms with van der Waals surface area (Å²) in [4.78, 5) is 0. The Balaban J connectivity index is 0. The zero-order valence-corrected chi connectivity index (χ0v) is 10.9. The number of nitrogens with two attached hydrogens (primary N) is 2. The maximum atomic E-state index is 9.84. The van der Waals surface area contributed by atoms with Crippen molar-refractivity contribution in [1.29, 1.82) is 0 Å². The van der Waals surface area contributed by atoms with Crippen molar-refractivity contribution >= 4 is 0 Å². The van der Waals surface area contributed by atoms with Crippen LogP contribution in [0.4, 0.5) is 0 Å². The molecule has 3 nitrogen and oxygen atoms in total. The fraction of sp³-hybridized carbons (Fsp3) is 0.429. The number of terminal acetylenes is 1. The summed E-state index contributed by atoms with van der Waals surface area (Å²) in [5.74, 6) is 0. The molecule has 0 saturated heterocycles. The molecule has 3 heteroatoms. The van der Waals surface area contributed by atoms with Gasteiger partial charge in [-0.1, -0.05) is 19.2 Å². The fourth-order valence-corrected chi connectivity index (χ4v) is 1.68. The Hall–Kier alpha value is -1.50. The van der Waals surface area contributed by atoms with Gasteiger partial charge in [0, 0.05) is 12.1 Å². The van der Waals surface area contributed by atoms with Gasteiger partial charge < -0.3 is 16.6 Å². The summed E-state index contributed by atoms with van der Waals surface area (Å²) in [6.45, 7) is 9.26. The largest absolute Gasteiger partial charge is 0.399 e. The van der Waals surface area contributed by atoms with Crippen LogP contribution >= 0.6 is 0 Å². The molecule has 0 fully saturated rings. The second-order valence-electron chi connectivity index (χ2n) is 3.91. The van der Waals surface area contributed by atoms with Crippen molar-refractivity contribution in [3.8, 4) is 12.8 Å². The van der Waals surface area contributed by atoms with E-state index in [1.165, 1.54) is 7.05 Å². The second kappa shape index (κ2) is 8.63. The average molecular weight is 236 g/mol. The summed E-state index contributed by atoms with van der Waals surface area (Å²) < 4.78 is 0. The SMILES string of the molecule is C#C.C=CC1=C(C(=C)N)CC(C)(O)CC1.CN. The third-order valence-corrected chi connectivity index (χ3v) is 2.51. The standard InChI is InChI=1S/C11H17NO.C2H2.CH5N/c1-4-9-5-6-11(3,13)7-10(9)8(2)12;2*1-2/h4,13H,1-2,5-7,12H2,3H3;1-2H;2H2,1H3. The van der Waals surface area contributed by atoms with Gasteiger partial charge in [0.15, 0.2) is 0 Å². The molecule has 0 spiro atoms. The highest BCUT2D eigenvalue weighted by Crippen LogP contribution is 2.34. The molecule has 0 aromatic heterocycles. The Kier molecular flexibility index (Phi) is 9.08. The number of hydrogen-bond donors (Lipinski definition) is 3. The van der Waals surface area contributed by atoms with Gasteiger partial charge in [-0.2, -0.15) is 0 Å². The van der Waals surface area contributed by atoms with E-state index in [0.29, 0.717) is 12.1 Å². The second-order valence-corrected chi connectivity index (χ2v) is 3.91. The van der Waals surface area contributed by atoms with E-state index in [-0.39, 0.29) is 0 Å². The number of allylic oxidation sites excluding steroid dienone is 3. The van der Waals surface area contributed by atoms with Gasteiger partial charge in [0.1, 0.15) is 0 Å². The van der Waals surface area contributed by atoms with Gasteiger partial charge in [-0.15, -0.1) is 12.8 Å². The third-order valence-electron chi connectivity index (χ3n) is 2.51. The molecule has 0 saturated carbocycles. The molecule has 0 aromatic carbocycles. The van der Waals surface area contributed by atoms with Gasteiger partial charge in [-0.25, -0.2) is 0 Å². The van der Waals surface area contributed by atoms with E-state index >= 15 is 0 Å². The monoisotopic (exact) mass is 236 g/mol. The first-order valence-electron chi connectivity index (χ1n) is 5.39. The molecular formula is C14H24N2O. The lowest BCUT2D eigenvalue weighted by Crippen LogP contribution is -2.29. The number of hydrogen-bond acceptors (Lipinski definition) is 3. The Labute approximate surface area is 105 Å². The van der Waals surface area contributed by atoms with Gasteiger partial charge in [0.25, 0.3) is 0 Å². The van der Waals surface area contributed by atoms with Gasteiger partial charge in [-0.05, 0) is 38.0 Å². The molecule has 17 heavy (non-hydrogen) atoms. The predicted molar refractivity (Wildman–Crippen MR) is 75.0 cm³/mol. The minimum Gasteiger partial charge on any atom is -0.399 e. The summed E-state index contributed by atoms with van der Waals surface area (Å²) in [6, 6.07) is 0. The van der Waals surface area contributed by atoms with Gasteiger partial charge in [-0.3, -0.25) is 0 Å². The van der Waals surface area contributed by atoms with Gasteiger partial charge in [0.05, 0.1) is 5.60 Å². The van der Waals surface area contributed by atoms with Crippen LogP contribution in [-0.4, -0.2) is 17.8 Å². The van der Waals surface area contributed by atoms with Crippen molar-refractivity contribution in [3.63, 3.8) is 0 Å². The molecule has 96 valence electrons.